The van der Waals surface area contributed by atoms with Crippen LogP contribution in [0.3, 0.4) is 0 Å². The highest BCUT2D eigenvalue weighted by atomic mass is 16.5. The molecule has 0 aromatic heterocycles. The standard InChI is InChI=1S/C20H26N2O4/c1-14(20(23)22(2)13-15-9-7-6-8-10-15)21-16-11-17(24-3)19(26-5)18(12-16)25-4/h6-12,14,21H,13H2,1-5H3. The van der Waals surface area contributed by atoms with Gasteiger partial charge in [-0.3, -0.25) is 4.79 Å². The molecule has 0 spiro atoms. The first kappa shape index (κ1) is 19.4. The molecule has 6 nitrogen and oxygen atoms in total. The first-order valence-electron chi connectivity index (χ1n) is 8.35. The van der Waals surface area contributed by atoms with Gasteiger partial charge >= 0.3 is 0 Å². The Morgan fingerprint density at radius 3 is 2.12 bits per heavy atom. The van der Waals surface area contributed by atoms with Crippen molar-refractivity contribution in [3.63, 3.8) is 0 Å². The van der Waals surface area contributed by atoms with Crippen LogP contribution in [0.4, 0.5) is 5.69 Å². The molecule has 0 aliphatic heterocycles. The van der Waals surface area contributed by atoms with Crippen LogP contribution in [0.1, 0.15) is 12.5 Å². The van der Waals surface area contributed by atoms with Gasteiger partial charge in [0.25, 0.3) is 0 Å². The molecule has 6 heteroatoms. The van der Waals surface area contributed by atoms with E-state index in [4.69, 9.17) is 14.2 Å². The number of methoxy groups -OCH3 is 3. The number of nitrogens with zero attached hydrogens (tertiary/aromatic N) is 1. The van der Waals surface area contributed by atoms with Crippen LogP contribution in [0, 0.1) is 0 Å². The van der Waals surface area contributed by atoms with Crippen molar-refractivity contribution in [1.82, 2.24) is 4.90 Å². The van der Waals surface area contributed by atoms with Crippen LogP contribution < -0.4 is 19.5 Å². The molecule has 0 heterocycles. The highest BCUT2D eigenvalue weighted by molar-refractivity contribution is 5.84. The summed E-state index contributed by atoms with van der Waals surface area (Å²) in [5.41, 5.74) is 1.80. The van der Waals surface area contributed by atoms with Gasteiger partial charge in [0.05, 0.1) is 21.3 Å². The Morgan fingerprint density at radius 1 is 1.04 bits per heavy atom. The van der Waals surface area contributed by atoms with Crippen molar-refractivity contribution in [2.45, 2.75) is 19.5 Å². The second-order valence-electron chi connectivity index (χ2n) is 5.96. The first-order chi connectivity index (χ1) is 12.5. The Hall–Kier alpha value is -2.89. The Morgan fingerprint density at radius 2 is 1.62 bits per heavy atom. The van der Waals surface area contributed by atoms with Crippen LogP contribution in [0.2, 0.25) is 0 Å². The van der Waals surface area contributed by atoms with Crippen molar-refractivity contribution in [3.8, 4) is 17.2 Å². The fraction of sp³-hybridized carbons (Fsp3) is 0.350. The van der Waals surface area contributed by atoms with E-state index >= 15 is 0 Å². The van der Waals surface area contributed by atoms with E-state index in [0.29, 0.717) is 29.5 Å². The maximum atomic E-state index is 12.7. The molecule has 140 valence electrons. The van der Waals surface area contributed by atoms with E-state index in [0.717, 1.165) is 5.56 Å². The molecule has 1 N–H and O–H groups in total. The van der Waals surface area contributed by atoms with Gasteiger partial charge in [-0.1, -0.05) is 30.3 Å². The molecular formula is C20H26N2O4. The second kappa shape index (κ2) is 8.99. The molecule has 2 aromatic carbocycles. The van der Waals surface area contributed by atoms with Crippen molar-refractivity contribution < 1.29 is 19.0 Å². The zero-order valence-electron chi connectivity index (χ0n) is 15.9. The van der Waals surface area contributed by atoms with E-state index in [2.05, 4.69) is 5.32 Å². The number of amides is 1. The number of hydrogen-bond donors (Lipinski definition) is 1. The lowest BCUT2D eigenvalue weighted by atomic mass is 10.2. The van der Waals surface area contributed by atoms with E-state index in [1.807, 2.05) is 37.3 Å². The third-order valence-electron chi connectivity index (χ3n) is 4.06. The largest absolute Gasteiger partial charge is 0.493 e. The Bertz CT molecular complexity index is 709. The van der Waals surface area contributed by atoms with E-state index < -0.39 is 6.04 Å². The SMILES string of the molecule is COc1cc(NC(C)C(=O)N(C)Cc2ccccc2)cc(OC)c1OC. The number of rotatable bonds is 8. The summed E-state index contributed by atoms with van der Waals surface area (Å²) in [5, 5.41) is 3.20. The number of nitrogens with one attached hydrogen (secondary N) is 1. The molecule has 1 amide bonds. The van der Waals surface area contributed by atoms with Gasteiger partial charge in [0.1, 0.15) is 6.04 Å². The lowest BCUT2D eigenvalue weighted by Crippen LogP contribution is -2.38. The van der Waals surface area contributed by atoms with Crippen molar-refractivity contribution in [1.29, 1.82) is 0 Å². The molecule has 1 unspecified atom stereocenters. The molecule has 0 saturated carbocycles. The summed E-state index contributed by atoms with van der Waals surface area (Å²) >= 11 is 0. The van der Waals surface area contributed by atoms with Crippen molar-refractivity contribution in [2.75, 3.05) is 33.7 Å². The fourth-order valence-electron chi connectivity index (χ4n) is 2.74. The first-order valence-corrected chi connectivity index (χ1v) is 8.35. The minimum absolute atomic E-state index is 0.0115. The molecule has 0 bridgehead atoms. The number of ether oxygens (including phenoxy) is 3. The van der Waals surface area contributed by atoms with Crippen molar-refractivity contribution in [2.24, 2.45) is 0 Å². The molecule has 26 heavy (non-hydrogen) atoms. The third kappa shape index (κ3) is 4.59. The number of carbonyl (C=O) groups excluding carboxylic acids is 1. The highest BCUT2D eigenvalue weighted by Crippen LogP contribution is 2.40. The van der Waals surface area contributed by atoms with Crippen LogP contribution in [0.25, 0.3) is 0 Å². The monoisotopic (exact) mass is 358 g/mol. The van der Waals surface area contributed by atoms with Crippen LogP contribution in [-0.2, 0) is 11.3 Å². The van der Waals surface area contributed by atoms with Gasteiger partial charge in [-0.25, -0.2) is 0 Å². The van der Waals surface area contributed by atoms with Gasteiger partial charge in [0, 0.05) is 31.4 Å². The Kier molecular flexibility index (Phi) is 6.72. The van der Waals surface area contributed by atoms with Gasteiger partial charge < -0.3 is 24.4 Å². The Balaban J connectivity index is 2.10. The summed E-state index contributed by atoms with van der Waals surface area (Å²) in [5.74, 6) is 1.57. The van der Waals surface area contributed by atoms with Gasteiger partial charge in [-0.2, -0.15) is 0 Å². The van der Waals surface area contributed by atoms with E-state index in [-0.39, 0.29) is 5.91 Å². The third-order valence-corrected chi connectivity index (χ3v) is 4.06. The number of benzene rings is 2. The smallest absolute Gasteiger partial charge is 0.244 e. The summed E-state index contributed by atoms with van der Waals surface area (Å²) in [6.07, 6.45) is 0. The van der Waals surface area contributed by atoms with Crippen molar-refractivity contribution in [3.05, 3.63) is 48.0 Å². The predicted octanol–water partition coefficient (Wildman–Crippen LogP) is 3.17. The maximum absolute atomic E-state index is 12.7. The molecule has 0 aliphatic rings. The van der Waals surface area contributed by atoms with Gasteiger partial charge in [0.2, 0.25) is 11.7 Å². The lowest BCUT2D eigenvalue weighted by molar-refractivity contribution is -0.130. The molecule has 2 aromatic rings. The average Bonchev–Trinajstić information content (AvgIpc) is 2.67. The van der Waals surface area contributed by atoms with Crippen LogP contribution in [-0.4, -0.2) is 45.2 Å². The lowest BCUT2D eigenvalue weighted by Gasteiger charge is -2.23. The summed E-state index contributed by atoms with van der Waals surface area (Å²) in [4.78, 5) is 14.4. The topological polar surface area (TPSA) is 60.0 Å². The molecule has 1 atom stereocenters. The fourth-order valence-corrected chi connectivity index (χ4v) is 2.74. The summed E-state index contributed by atoms with van der Waals surface area (Å²) in [6, 6.07) is 13.0. The van der Waals surface area contributed by atoms with Crippen LogP contribution >= 0.6 is 0 Å². The second-order valence-corrected chi connectivity index (χ2v) is 5.96. The van der Waals surface area contributed by atoms with E-state index in [1.54, 1.807) is 45.4 Å². The molecule has 0 aliphatic carbocycles. The van der Waals surface area contributed by atoms with E-state index in [1.165, 1.54) is 0 Å². The summed E-state index contributed by atoms with van der Waals surface area (Å²) in [7, 11) is 6.47. The van der Waals surface area contributed by atoms with Crippen LogP contribution in [0.15, 0.2) is 42.5 Å². The van der Waals surface area contributed by atoms with Gasteiger partial charge in [0.15, 0.2) is 11.5 Å². The minimum Gasteiger partial charge on any atom is -0.493 e. The van der Waals surface area contributed by atoms with Gasteiger partial charge in [-0.15, -0.1) is 0 Å². The minimum atomic E-state index is -0.411. The van der Waals surface area contributed by atoms with E-state index in [9.17, 15) is 4.79 Å². The molecule has 2 rings (SSSR count). The highest BCUT2D eigenvalue weighted by Gasteiger charge is 2.20. The van der Waals surface area contributed by atoms with Crippen molar-refractivity contribution >= 4 is 11.6 Å². The molecule has 0 radical (unpaired) electrons. The summed E-state index contributed by atoms with van der Waals surface area (Å²) in [6.45, 7) is 2.38. The van der Waals surface area contributed by atoms with Gasteiger partial charge in [-0.05, 0) is 12.5 Å². The number of anilines is 1. The molecule has 0 fully saturated rings. The number of likely N-dealkylation sites (N-methyl/N-ethyl adjacent to an activating group) is 1. The molecular weight excluding hydrogens is 332 g/mol. The number of hydrogen-bond acceptors (Lipinski definition) is 5. The average molecular weight is 358 g/mol. The summed E-state index contributed by atoms with van der Waals surface area (Å²) < 4.78 is 16.0. The molecule has 0 saturated heterocycles. The zero-order chi connectivity index (χ0) is 19.1. The predicted molar refractivity (Wildman–Crippen MR) is 102 cm³/mol. The Labute approximate surface area is 154 Å². The van der Waals surface area contributed by atoms with Crippen LogP contribution in [0.5, 0.6) is 17.2 Å². The maximum Gasteiger partial charge on any atom is 0.244 e. The quantitative estimate of drug-likeness (QED) is 0.785. The zero-order valence-corrected chi connectivity index (χ0v) is 15.9. The normalized spacial score (nSPS) is 11.4. The number of carbonyl (C=O) groups is 1.